The molecule has 1 aliphatic carbocycles. The minimum Gasteiger partial charge on any atom is -0.354 e. The third-order valence-corrected chi connectivity index (χ3v) is 16.1. The van der Waals surface area contributed by atoms with Crippen molar-refractivity contribution in [2.75, 3.05) is 0 Å². The number of nitrogens with one attached hydrogen (secondary N) is 4. The quantitative estimate of drug-likeness (QED) is 0.0866. The van der Waals surface area contributed by atoms with Crippen LogP contribution >= 0.6 is 0 Å². The molecular weight excluding hydrogens is 861 g/mol. The van der Waals surface area contributed by atoms with Crippen LogP contribution < -0.4 is 0 Å². The molecule has 0 fully saturated rings. The second kappa shape index (κ2) is 13.7. The predicted octanol–water partition coefficient (Wildman–Crippen LogP) is 18.4. The van der Waals surface area contributed by atoms with Gasteiger partial charge < -0.3 is 19.9 Å². The van der Waals surface area contributed by atoms with Crippen molar-refractivity contribution >= 4 is 152 Å². The molecule has 1 aliphatic rings. The largest absolute Gasteiger partial charge is 0.354 e. The van der Waals surface area contributed by atoms with Crippen LogP contribution in [0.3, 0.4) is 0 Å². The number of H-pyrrole nitrogens is 4. The Labute approximate surface area is 404 Å². The van der Waals surface area contributed by atoms with Gasteiger partial charge in [0, 0.05) is 87.2 Å². The number of benzene rings is 13. The standard InChI is InChI=1S/C43H25N.C24H15N3/c1-3-7-26-22-36-28(19-24(26)5-1)9-10-30-21-31-11-13-32-33-16-18-39-42(35(33)15-14-34(32)40(31)41(30)36)43-37-23-27-8-4-2-6-25(27)20-29(37)12-17-38(43)44-39;1-3-7-19-13(5-1)15-9-17-18-10-16-14-6-2-4-8-20(14)26-22(16)12-24(18)27-23(17)11-21(15)25-19/h1-20,22-23,44H,21H2;1-12,25-27H. The van der Waals surface area contributed by atoms with Crippen molar-refractivity contribution in [3.63, 3.8) is 0 Å². The first-order valence-corrected chi connectivity index (χ1v) is 24.7. The molecule has 4 heteroatoms. The lowest BCUT2D eigenvalue weighted by Crippen LogP contribution is -1.87. The van der Waals surface area contributed by atoms with Crippen LogP contribution in [0.15, 0.2) is 206 Å². The van der Waals surface area contributed by atoms with Crippen LogP contribution in [-0.2, 0) is 6.42 Å². The first kappa shape index (κ1) is 37.6. The van der Waals surface area contributed by atoms with Gasteiger partial charge in [-0.05, 0) is 166 Å². The Morgan fingerprint density at radius 2 is 0.620 bits per heavy atom. The second-order valence-electron chi connectivity index (χ2n) is 19.9. The van der Waals surface area contributed by atoms with Crippen LogP contribution in [-0.4, -0.2) is 19.9 Å². The summed E-state index contributed by atoms with van der Waals surface area (Å²) in [5.74, 6) is 0. The van der Waals surface area contributed by atoms with Gasteiger partial charge in [0.2, 0.25) is 0 Å². The summed E-state index contributed by atoms with van der Waals surface area (Å²) < 4.78 is 0. The summed E-state index contributed by atoms with van der Waals surface area (Å²) in [6, 6.07) is 76.3. The summed E-state index contributed by atoms with van der Waals surface area (Å²) >= 11 is 0. The normalized spacial score (nSPS) is 12.7. The van der Waals surface area contributed by atoms with E-state index in [0.717, 1.165) is 6.42 Å². The fourth-order valence-corrected chi connectivity index (χ4v) is 12.9. The molecule has 0 aliphatic heterocycles. The highest BCUT2D eigenvalue weighted by Crippen LogP contribution is 2.48. The summed E-state index contributed by atoms with van der Waals surface area (Å²) in [7, 11) is 0. The Morgan fingerprint density at radius 1 is 0.211 bits per heavy atom. The fourth-order valence-electron chi connectivity index (χ4n) is 12.9. The van der Waals surface area contributed by atoms with Gasteiger partial charge in [0.15, 0.2) is 0 Å². The van der Waals surface area contributed by atoms with Gasteiger partial charge >= 0.3 is 0 Å². The molecule has 4 heterocycles. The van der Waals surface area contributed by atoms with E-state index in [1.807, 2.05) is 0 Å². The molecule has 0 saturated heterocycles. The lowest BCUT2D eigenvalue weighted by molar-refractivity contribution is 1.27. The Balaban J connectivity index is 0.000000133. The molecule has 0 radical (unpaired) electrons. The summed E-state index contributed by atoms with van der Waals surface area (Å²) in [4.78, 5) is 14.4. The van der Waals surface area contributed by atoms with E-state index in [-0.39, 0.29) is 0 Å². The van der Waals surface area contributed by atoms with Gasteiger partial charge in [0.25, 0.3) is 0 Å². The van der Waals surface area contributed by atoms with Gasteiger partial charge in [-0.3, -0.25) is 0 Å². The zero-order chi connectivity index (χ0) is 46.1. The van der Waals surface area contributed by atoms with Crippen molar-refractivity contribution in [3.05, 3.63) is 217 Å². The summed E-state index contributed by atoms with van der Waals surface area (Å²) in [5, 5.41) is 26.0. The van der Waals surface area contributed by atoms with Crippen molar-refractivity contribution in [1.29, 1.82) is 0 Å². The van der Waals surface area contributed by atoms with Crippen LogP contribution in [0.25, 0.3) is 163 Å². The van der Waals surface area contributed by atoms with Gasteiger partial charge in [-0.15, -0.1) is 0 Å². The van der Waals surface area contributed by atoms with E-state index in [0.29, 0.717) is 0 Å². The van der Waals surface area contributed by atoms with Gasteiger partial charge in [0.1, 0.15) is 0 Å². The van der Waals surface area contributed by atoms with Crippen molar-refractivity contribution in [3.8, 4) is 11.1 Å². The monoisotopic (exact) mass is 900 g/mol. The smallest absolute Gasteiger partial charge is 0.0486 e. The maximum atomic E-state index is 3.75. The number of para-hydroxylation sites is 2. The Bertz CT molecular complexity index is 5090. The molecule has 4 nitrogen and oxygen atoms in total. The van der Waals surface area contributed by atoms with Gasteiger partial charge in [0.05, 0.1) is 0 Å². The molecule has 4 aromatic heterocycles. The average molecular weight is 901 g/mol. The Kier molecular flexibility index (Phi) is 7.23. The van der Waals surface area contributed by atoms with Crippen molar-refractivity contribution in [2.24, 2.45) is 0 Å². The lowest BCUT2D eigenvalue weighted by Gasteiger charge is -2.13. The number of aromatic amines is 4. The van der Waals surface area contributed by atoms with E-state index in [9.17, 15) is 0 Å². The minimum absolute atomic E-state index is 0.989. The predicted molar refractivity (Wildman–Crippen MR) is 304 cm³/mol. The topological polar surface area (TPSA) is 63.2 Å². The molecule has 0 amide bonds. The summed E-state index contributed by atoms with van der Waals surface area (Å²) in [5.41, 5.74) is 15.1. The zero-order valence-corrected chi connectivity index (χ0v) is 38.3. The molecule has 71 heavy (non-hydrogen) atoms. The first-order valence-electron chi connectivity index (χ1n) is 24.7. The molecule has 13 aromatic carbocycles. The highest BCUT2D eigenvalue weighted by atomic mass is 14.7. The maximum Gasteiger partial charge on any atom is 0.0486 e. The van der Waals surface area contributed by atoms with Crippen molar-refractivity contribution in [2.45, 2.75) is 6.42 Å². The number of fused-ring (bicyclic) bond motifs is 26. The summed E-state index contributed by atoms with van der Waals surface area (Å²) in [6.45, 7) is 0. The number of aromatic nitrogens is 4. The zero-order valence-electron chi connectivity index (χ0n) is 38.3. The van der Waals surface area contributed by atoms with Gasteiger partial charge in [-0.2, -0.15) is 0 Å². The van der Waals surface area contributed by atoms with E-state index >= 15 is 0 Å². The number of hydrogen-bond donors (Lipinski definition) is 4. The first-order chi connectivity index (χ1) is 35.1. The molecule has 0 bridgehead atoms. The van der Waals surface area contributed by atoms with Crippen LogP contribution in [0.5, 0.6) is 0 Å². The van der Waals surface area contributed by atoms with Crippen LogP contribution in [0, 0.1) is 0 Å². The van der Waals surface area contributed by atoms with Crippen LogP contribution in [0.2, 0.25) is 0 Å². The van der Waals surface area contributed by atoms with Gasteiger partial charge in [-0.1, -0.05) is 133 Å². The second-order valence-corrected chi connectivity index (χ2v) is 19.9. The SMILES string of the molecule is c1ccc2c(c1)[nH]c1cc3[nH]c4cc5[nH]c6ccccc6c5cc4c3cc12.c1ccc2cc3c4c(ccc3cc2c1)Cc1ccc2c(ccc3c2ccc2[nH]c5ccc6cc7ccccc7cc6c5c23)c1-4. The van der Waals surface area contributed by atoms with Crippen LogP contribution in [0.1, 0.15) is 11.1 Å². The average Bonchev–Trinajstić information content (AvgIpc) is 4.24. The molecule has 0 spiro atoms. The Morgan fingerprint density at radius 3 is 1.27 bits per heavy atom. The van der Waals surface area contributed by atoms with E-state index < -0.39 is 0 Å². The molecule has 4 N–H and O–H groups in total. The molecule has 0 unspecified atom stereocenters. The Hall–Kier alpha value is -9.38. The van der Waals surface area contributed by atoms with E-state index in [1.165, 1.54) is 174 Å². The summed E-state index contributed by atoms with van der Waals surface area (Å²) in [6.07, 6.45) is 0.989. The van der Waals surface area contributed by atoms with Crippen molar-refractivity contribution < 1.29 is 0 Å². The third-order valence-electron chi connectivity index (χ3n) is 16.1. The molecule has 18 rings (SSSR count). The van der Waals surface area contributed by atoms with E-state index in [2.05, 4.69) is 226 Å². The molecule has 17 aromatic rings. The van der Waals surface area contributed by atoms with E-state index in [4.69, 9.17) is 0 Å². The fraction of sp³-hybridized carbons (Fsp3) is 0.0149. The molecule has 0 atom stereocenters. The van der Waals surface area contributed by atoms with E-state index in [1.54, 1.807) is 0 Å². The number of hydrogen-bond acceptors (Lipinski definition) is 0. The highest BCUT2D eigenvalue weighted by molar-refractivity contribution is 6.32. The molecule has 328 valence electrons. The van der Waals surface area contributed by atoms with Crippen LogP contribution in [0.4, 0.5) is 0 Å². The molecular formula is C67H40N4. The van der Waals surface area contributed by atoms with Gasteiger partial charge in [-0.25, -0.2) is 0 Å². The maximum absolute atomic E-state index is 3.75. The highest BCUT2D eigenvalue weighted by Gasteiger charge is 2.25. The molecule has 0 saturated carbocycles. The lowest BCUT2D eigenvalue weighted by atomic mass is 9.90. The third kappa shape index (κ3) is 5.23. The van der Waals surface area contributed by atoms with Crippen molar-refractivity contribution in [1.82, 2.24) is 19.9 Å². The number of rotatable bonds is 0. The minimum atomic E-state index is 0.989.